The zero-order valence-corrected chi connectivity index (χ0v) is 10.2. The van der Waals surface area contributed by atoms with Gasteiger partial charge in [0.25, 0.3) is 0 Å². The molecule has 1 atom stereocenters. The monoisotopic (exact) mass is 237 g/mol. The Labute approximate surface area is 101 Å². The third kappa shape index (κ3) is 3.46. The van der Waals surface area contributed by atoms with E-state index in [1.165, 1.54) is 18.2 Å². The van der Waals surface area contributed by atoms with E-state index in [-0.39, 0.29) is 23.3 Å². The smallest absolute Gasteiger partial charge is 0.179 e. The molecular formula is C13H19NO3. The van der Waals surface area contributed by atoms with Gasteiger partial charge in [0.15, 0.2) is 17.3 Å². The molecule has 3 N–H and O–H groups in total. The first-order valence-corrected chi connectivity index (χ1v) is 5.89. The number of hydrogen-bond acceptors (Lipinski definition) is 4. The topological polar surface area (TPSA) is 69.6 Å². The lowest BCUT2D eigenvalue weighted by molar-refractivity contribution is 0.0938. The van der Waals surface area contributed by atoms with E-state index in [0.717, 1.165) is 19.4 Å². The second kappa shape index (κ2) is 6.25. The van der Waals surface area contributed by atoms with Gasteiger partial charge in [-0.3, -0.25) is 4.79 Å². The van der Waals surface area contributed by atoms with Crippen molar-refractivity contribution in [2.24, 2.45) is 0 Å². The summed E-state index contributed by atoms with van der Waals surface area (Å²) >= 11 is 0. The minimum atomic E-state index is -0.261. The highest BCUT2D eigenvalue weighted by molar-refractivity contribution is 6.00. The molecule has 0 fully saturated rings. The van der Waals surface area contributed by atoms with Crippen LogP contribution in [0, 0.1) is 0 Å². The number of carbonyl (C=O) groups is 1. The molecule has 0 radical (unpaired) electrons. The summed E-state index contributed by atoms with van der Waals surface area (Å²) in [7, 11) is 0. The Morgan fingerprint density at radius 1 is 1.29 bits per heavy atom. The summed E-state index contributed by atoms with van der Waals surface area (Å²) in [4.78, 5) is 12.1. The van der Waals surface area contributed by atoms with Crippen molar-refractivity contribution in [3.8, 4) is 11.5 Å². The van der Waals surface area contributed by atoms with Gasteiger partial charge in [-0.25, -0.2) is 0 Å². The van der Waals surface area contributed by atoms with Crippen LogP contribution in [0.3, 0.4) is 0 Å². The van der Waals surface area contributed by atoms with Gasteiger partial charge in [-0.15, -0.1) is 0 Å². The van der Waals surface area contributed by atoms with Crippen molar-refractivity contribution in [1.82, 2.24) is 5.32 Å². The predicted molar refractivity (Wildman–Crippen MR) is 66.5 cm³/mol. The lowest BCUT2D eigenvalue weighted by atomic mass is 10.00. The van der Waals surface area contributed by atoms with E-state index in [2.05, 4.69) is 5.32 Å². The fourth-order valence-corrected chi connectivity index (χ4v) is 1.74. The Hall–Kier alpha value is -1.55. The van der Waals surface area contributed by atoms with Crippen molar-refractivity contribution in [2.75, 3.05) is 6.54 Å². The molecular weight excluding hydrogens is 218 g/mol. The third-order valence-corrected chi connectivity index (χ3v) is 2.60. The maximum atomic E-state index is 12.1. The predicted octanol–water partition coefficient (Wildman–Crippen LogP) is 2.06. The highest BCUT2D eigenvalue weighted by Crippen LogP contribution is 2.25. The fourth-order valence-electron chi connectivity index (χ4n) is 1.74. The summed E-state index contributed by atoms with van der Waals surface area (Å²) in [5.41, 5.74) is 0.416. The Morgan fingerprint density at radius 3 is 2.53 bits per heavy atom. The van der Waals surface area contributed by atoms with Crippen molar-refractivity contribution in [3.05, 3.63) is 23.8 Å². The van der Waals surface area contributed by atoms with Gasteiger partial charge in [0.05, 0.1) is 6.04 Å². The van der Waals surface area contributed by atoms with Gasteiger partial charge in [-0.2, -0.15) is 0 Å². The molecule has 0 aromatic heterocycles. The summed E-state index contributed by atoms with van der Waals surface area (Å²) in [5, 5.41) is 21.7. The molecule has 4 nitrogen and oxygen atoms in total. The Morgan fingerprint density at radius 2 is 2.00 bits per heavy atom. The van der Waals surface area contributed by atoms with Crippen molar-refractivity contribution < 1.29 is 15.0 Å². The van der Waals surface area contributed by atoms with Crippen LogP contribution in [-0.4, -0.2) is 28.6 Å². The van der Waals surface area contributed by atoms with Crippen LogP contribution in [0.4, 0.5) is 0 Å². The molecule has 0 aliphatic carbocycles. The molecule has 0 saturated heterocycles. The van der Waals surface area contributed by atoms with Gasteiger partial charge >= 0.3 is 0 Å². The molecule has 0 amide bonds. The van der Waals surface area contributed by atoms with E-state index in [1.54, 1.807) is 0 Å². The quantitative estimate of drug-likeness (QED) is 0.523. The maximum Gasteiger partial charge on any atom is 0.179 e. The first-order valence-electron chi connectivity index (χ1n) is 5.89. The number of rotatable bonds is 6. The molecule has 0 bridgehead atoms. The molecule has 17 heavy (non-hydrogen) atoms. The van der Waals surface area contributed by atoms with E-state index in [9.17, 15) is 15.0 Å². The van der Waals surface area contributed by atoms with Crippen molar-refractivity contribution in [1.29, 1.82) is 0 Å². The van der Waals surface area contributed by atoms with E-state index in [0.29, 0.717) is 5.56 Å². The molecule has 1 aromatic rings. The number of hydrogen-bond donors (Lipinski definition) is 3. The maximum absolute atomic E-state index is 12.1. The summed E-state index contributed by atoms with van der Waals surface area (Å²) in [5.74, 6) is -0.524. The average molecular weight is 237 g/mol. The molecule has 0 heterocycles. The molecule has 94 valence electrons. The lowest BCUT2D eigenvalue weighted by Crippen LogP contribution is -2.36. The van der Waals surface area contributed by atoms with Crippen LogP contribution in [0.5, 0.6) is 11.5 Å². The number of benzene rings is 1. The van der Waals surface area contributed by atoms with Gasteiger partial charge in [-0.1, -0.05) is 20.3 Å². The minimum absolute atomic E-state index is 0.0519. The molecule has 0 aliphatic heterocycles. The summed E-state index contributed by atoms with van der Waals surface area (Å²) in [6.07, 6.45) is 1.67. The average Bonchev–Trinajstić information content (AvgIpc) is 2.31. The number of phenolic OH excluding ortho intramolecular Hbond substituents is 2. The number of phenols is 2. The first kappa shape index (κ1) is 13.5. The molecule has 4 heteroatoms. The van der Waals surface area contributed by atoms with Gasteiger partial charge in [-0.05, 0) is 31.2 Å². The van der Waals surface area contributed by atoms with Crippen LogP contribution in [0.2, 0.25) is 0 Å². The normalized spacial score (nSPS) is 12.4. The molecule has 0 spiro atoms. The number of nitrogens with one attached hydrogen (secondary N) is 1. The highest BCUT2D eigenvalue weighted by atomic mass is 16.3. The Bertz CT molecular complexity index is 384. The number of aromatic hydroxyl groups is 2. The molecule has 0 aliphatic rings. The lowest BCUT2D eigenvalue weighted by Gasteiger charge is -2.16. The van der Waals surface area contributed by atoms with Crippen molar-refractivity contribution in [2.45, 2.75) is 32.7 Å². The first-order chi connectivity index (χ1) is 8.10. The summed E-state index contributed by atoms with van der Waals surface area (Å²) < 4.78 is 0. The van der Waals surface area contributed by atoms with Gasteiger partial charge in [0, 0.05) is 5.56 Å². The van der Waals surface area contributed by atoms with Crippen LogP contribution < -0.4 is 5.32 Å². The number of carbonyl (C=O) groups excluding carboxylic acids is 1. The second-order valence-corrected chi connectivity index (χ2v) is 3.97. The number of Topliss-reactive ketones (excluding diaryl/α,β-unsaturated/α-hetero) is 1. The summed E-state index contributed by atoms with van der Waals surface area (Å²) in [6.45, 7) is 4.69. The number of likely N-dealkylation sites (N-methyl/N-ethyl adjacent to an activating group) is 1. The fraction of sp³-hybridized carbons (Fsp3) is 0.462. The molecule has 1 aromatic carbocycles. The van der Waals surface area contributed by atoms with Crippen LogP contribution in [0.1, 0.15) is 37.0 Å². The SMILES string of the molecule is CCCC(NCC)C(=O)c1ccc(O)c(O)c1. The van der Waals surface area contributed by atoms with Gasteiger partial charge < -0.3 is 15.5 Å². The molecule has 1 rings (SSSR count). The van der Waals surface area contributed by atoms with Crippen LogP contribution >= 0.6 is 0 Å². The van der Waals surface area contributed by atoms with Crippen molar-refractivity contribution in [3.63, 3.8) is 0 Å². The van der Waals surface area contributed by atoms with Crippen LogP contribution in [-0.2, 0) is 0 Å². The van der Waals surface area contributed by atoms with E-state index >= 15 is 0 Å². The van der Waals surface area contributed by atoms with Crippen LogP contribution in [0.25, 0.3) is 0 Å². The molecule has 1 unspecified atom stereocenters. The third-order valence-electron chi connectivity index (χ3n) is 2.60. The second-order valence-electron chi connectivity index (χ2n) is 3.97. The largest absolute Gasteiger partial charge is 0.504 e. The standard InChI is InChI=1S/C13H19NO3/c1-3-5-10(14-4-2)13(17)9-6-7-11(15)12(16)8-9/h6-8,10,14-16H,3-5H2,1-2H3. The van der Waals surface area contributed by atoms with Gasteiger partial charge in [0.1, 0.15) is 0 Å². The number of ketones is 1. The Balaban J connectivity index is 2.88. The molecule has 0 saturated carbocycles. The minimum Gasteiger partial charge on any atom is -0.504 e. The zero-order chi connectivity index (χ0) is 12.8. The Kier molecular flexibility index (Phi) is 4.97. The van der Waals surface area contributed by atoms with E-state index in [4.69, 9.17) is 0 Å². The van der Waals surface area contributed by atoms with E-state index < -0.39 is 0 Å². The summed E-state index contributed by atoms with van der Waals surface area (Å²) in [6, 6.07) is 3.93. The highest BCUT2D eigenvalue weighted by Gasteiger charge is 2.18. The van der Waals surface area contributed by atoms with Crippen molar-refractivity contribution >= 4 is 5.78 Å². The van der Waals surface area contributed by atoms with Crippen LogP contribution in [0.15, 0.2) is 18.2 Å². The van der Waals surface area contributed by atoms with Gasteiger partial charge in [0.2, 0.25) is 0 Å². The van der Waals surface area contributed by atoms with E-state index in [1.807, 2.05) is 13.8 Å². The zero-order valence-electron chi connectivity index (χ0n) is 10.2.